The van der Waals surface area contributed by atoms with E-state index in [1.807, 2.05) is 0 Å². The fourth-order valence-corrected chi connectivity index (χ4v) is 4.40. The molecule has 2 heterocycles. The highest BCUT2D eigenvalue weighted by molar-refractivity contribution is 7.89. The maximum Gasteiger partial charge on any atom is 0.210 e. The Kier molecular flexibility index (Phi) is 5.51. The number of ketones is 1. The monoisotopic (exact) mass is 409 g/mol. The molecule has 1 N–H and O–H groups in total. The van der Waals surface area contributed by atoms with Gasteiger partial charge in [0.05, 0.1) is 18.1 Å². The van der Waals surface area contributed by atoms with Crippen molar-refractivity contribution in [3.63, 3.8) is 0 Å². The topological polar surface area (TPSA) is 103 Å². The Hall–Kier alpha value is -2.36. The van der Waals surface area contributed by atoms with Crippen molar-refractivity contribution in [2.75, 3.05) is 6.61 Å². The highest BCUT2D eigenvalue weighted by Gasteiger charge is 2.33. The summed E-state index contributed by atoms with van der Waals surface area (Å²) in [6.45, 7) is 2.60. The summed E-state index contributed by atoms with van der Waals surface area (Å²) in [6.07, 6.45) is 1.29. The fraction of sp³-hybridized carbons (Fsp3) is 0.368. The van der Waals surface area contributed by atoms with E-state index in [9.17, 15) is 17.6 Å². The van der Waals surface area contributed by atoms with Crippen LogP contribution in [0.15, 0.2) is 30.5 Å². The van der Waals surface area contributed by atoms with Gasteiger partial charge in [0.15, 0.2) is 21.3 Å². The number of carbonyl (C=O) groups excluding carboxylic acids is 1. The molecule has 28 heavy (non-hydrogen) atoms. The quantitative estimate of drug-likeness (QED) is 0.729. The summed E-state index contributed by atoms with van der Waals surface area (Å²) < 4.78 is 49.6. The summed E-state index contributed by atoms with van der Waals surface area (Å²) in [5.41, 5.74) is 1.16. The van der Waals surface area contributed by atoms with Crippen molar-refractivity contribution in [1.82, 2.24) is 4.98 Å². The number of ether oxygens (including phenoxy) is 2. The maximum atomic E-state index is 13.0. The molecule has 2 aromatic rings. The van der Waals surface area contributed by atoms with Gasteiger partial charge in [0.1, 0.15) is 12.4 Å². The number of hydrogen-bond acceptors (Lipinski definition) is 7. The Morgan fingerprint density at radius 3 is 2.57 bits per heavy atom. The van der Waals surface area contributed by atoms with Gasteiger partial charge in [0, 0.05) is 25.6 Å². The van der Waals surface area contributed by atoms with Crippen LogP contribution < -0.4 is 4.74 Å². The molecule has 0 aliphatic carbocycles. The Morgan fingerprint density at radius 1 is 1.25 bits per heavy atom. The van der Waals surface area contributed by atoms with Crippen molar-refractivity contribution in [1.29, 1.82) is 0 Å². The van der Waals surface area contributed by atoms with Crippen LogP contribution >= 0.6 is 0 Å². The van der Waals surface area contributed by atoms with E-state index in [1.165, 1.54) is 30.5 Å². The van der Waals surface area contributed by atoms with Crippen molar-refractivity contribution in [2.45, 2.75) is 37.7 Å². The fourth-order valence-electron chi connectivity index (χ4n) is 2.88. The lowest BCUT2D eigenvalue weighted by atomic mass is 10.1. The standard InChI is InChI=1S/C19H20FNO6S/c1-19(2)26-9-15-13(7-21-17(16(23)8-22)18(15)27-19)11-28(24,25)10-12-3-5-14(20)6-4-12/h3-7,22H,8-11H2,1-2H3. The van der Waals surface area contributed by atoms with Crippen LogP contribution in [0.4, 0.5) is 4.39 Å². The third-order valence-electron chi connectivity index (χ3n) is 4.22. The van der Waals surface area contributed by atoms with Crippen LogP contribution in [0.2, 0.25) is 0 Å². The lowest BCUT2D eigenvalue weighted by Crippen LogP contribution is -2.37. The predicted octanol–water partition coefficient (Wildman–Crippen LogP) is 2.16. The van der Waals surface area contributed by atoms with Gasteiger partial charge in [-0.1, -0.05) is 12.1 Å². The molecule has 0 saturated heterocycles. The molecule has 0 unspecified atom stereocenters. The van der Waals surface area contributed by atoms with Crippen molar-refractivity contribution < 1.29 is 32.2 Å². The third kappa shape index (κ3) is 4.54. The Balaban J connectivity index is 1.94. The molecule has 1 aromatic heterocycles. The molecule has 1 aliphatic rings. The maximum absolute atomic E-state index is 13.0. The van der Waals surface area contributed by atoms with Crippen molar-refractivity contribution in [2.24, 2.45) is 0 Å². The number of benzene rings is 1. The van der Waals surface area contributed by atoms with E-state index in [4.69, 9.17) is 14.6 Å². The van der Waals surface area contributed by atoms with Gasteiger partial charge in [0.2, 0.25) is 11.6 Å². The van der Waals surface area contributed by atoms with Gasteiger partial charge in [0.25, 0.3) is 0 Å². The summed E-state index contributed by atoms with van der Waals surface area (Å²) in [5.74, 6) is -2.59. The number of sulfone groups is 1. The Labute approximate surface area is 162 Å². The molecule has 9 heteroatoms. The zero-order valence-corrected chi connectivity index (χ0v) is 16.3. The Bertz CT molecular complexity index is 1000. The van der Waals surface area contributed by atoms with Crippen molar-refractivity contribution in [3.8, 4) is 5.75 Å². The lowest BCUT2D eigenvalue weighted by Gasteiger charge is -2.34. The zero-order chi connectivity index (χ0) is 20.5. The normalized spacial score (nSPS) is 15.6. The summed E-state index contributed by atoms with van der Waals surface area (Å²) in [4.78, 5) is 16.0. The van der Waals surface area contributed by atoms with Crippen LogP contribution in [-0.4, -0.2) is 36.7 Å². The summed E-state index contributed by atoms with van der Waals surface area (Å²) in [5, 5.41) is 9.16. The molecule has 3 rings (SSSR count). The van der Waals surface area contributed by atoms with Gasteiger partial charge in [-0.3, -0.25) is 4.79 Å². The minimum absolute atomic E-state index is 0.0396. The highest BCUT2D eigenvalue weighted by Crippen LogP contribution is 2.36. The van der Waals surface area contributed by atoms with Crippen LogP contribution in [0.1, 0.15) is 41.0 Å². The average Bonchev–Trinajstić information content (AvgIpc) is 2.62. The molecule has 0 bridgehead atoms. The van der Waals surface area contributed by atoms with Crippen LogP contribution in [0.25, 0.3) is 0 Å². The number of hydrogen-bond donors (Lipinski definition) is 1. The van der Waals surface area contributed by atoms with Crippen LogP contribution in [0.3, 0.4) is 0 Å². The van der Waals surface area contributed by atoms with E-state index in [2.05, 4.69) is 4.98 Å². The summed E-state index contributed by atoms with van der Waals surface area (Å²) >= 11 is 0. The minimum atomic E-state index is -3.61. The molecule has 0 spiro atoms. The first-order chi connectivity index (χ1) is 13.1. The highest BCUT2D eigenvalue weighted by atomic mass is 32.2. The van der Waals surface area contributed by atoms with E-state index in [-0.39, 0.29) is 29.6 Å². The number of carbonyl (C=O) groups is 1. The van der Waals surface area contributed by atoms with Gasteiger partial charge in [-0.05, 0) is 23.3 Å². The largest absolute Gasteiger partial charge is 0.460 e. The van der Waals surface area contributed by atoms with Crippen LogP contribution in [0, 0.1) is 5.82 Å². The number of pyridine rings is 1. The smallest absolute Gasteiger partial charge is 0.210 e. The first-order valence-electron chi connectivity index (χ1n) is 8.53. The number of rotatable bonds is 6. The first-order valence-corrected chi connectivity index (χ1v) is 10.3. The minimum Gasteiger partial charge on any atom is -0.460 e. The van der Waals surface area contributed by atoms with E-state index in [1.54, 1.807) is 13.8 Å². The molecule has 0 saturated carbocycles. The van der Waals surface area contributed by atoms with Crippen molar-refractivity contribution >= 4 is 15.6 Å². The third-order valence-corrected chi connectivity index (χ3v) is 5.75. The number of aliphatic hydroxyl groups excluding tert-OH is 1. The zero-order valence-electron chi connectivity index (χ0n) is 15.4. The Morgan fingerprint density at radius 2 is 1.93 bits per heavy atom. The average molecular weight is 409 g/mol. The van der Waals surface area contributed by atoms with Gasteiger partial charge in [-0.15, -0.1) is 0 Å². The number of halogens is 1. The number of nitrogens with zero attached hydrogens (tertiary/aromatic N) is 1. The SMILES string of the molecule is CC1(C)OCc2c(CS(=O)(=O)Cc3ccc(F)cc3)cnc(C(=O)CO)c2O1. The molecule has 150 valence electrons. The lowest BCUT2D eigenvalue weighted by molar-refractivity contribution is -0.180. The first kappa shape index (κ1) is 20.4. The second-order valence-electron chi connectivity index (χ2n) is 6.97. The van der Waals surface area contributed by atoms with E-state index in [0.29, 0.717) is 16.7 Å². The van der Waals surface area contributed by atoms with Gasteiger partial charge < -0.3 is 14.6 Å². The van der Waals surface area contributed by atoms with E-state index < -0.39 is 33.8 Å². The number of aromatic nitrogens is 1. The van der Waals surface area contributed by atoms with Gasteiger partial charge >= 0.3 is 0 Å². The summed E-state index contributed by atoms with van der Waals surface area (Å²) in [6, 6.07) is 5.23. The number of aliphatic hydroxyl groups is 1. The second-order valence-corrected chi connectivity index (χ2v) is 9.03. The van der Waals surface area contributed by atoms with Gasteiger partial charge in [-0.25, -0.2) is 17.8 Å². The molecule has 1 aromatic carbocycles. The van der Waals surface area contributed by atoms with Gasteiger partial charge in [-0.2, -0.15) is 0 Å². The molecule has 1 aliphatic heterocycles. The number of Topliss-reactive ketones (excluding diaryl/α,β-unsaturated/α-hetero) is 1. The molecule has 0 radical (unpaired) electrons. The molecule has 0 fully saturated rings. The second kappa shape index (κ2) is 7.57. The molecule has 0 atom stereocenters. The van der Waals surface area contributed by atoms with Crippen molar-refractivity contribution in [3.05, 3.63) is 58.7 Å². The molecule has 0 amide bonds. The summed E-state index contributed by atoms with van der Waals surface area (Å²) in [7, 11) is -3.61. The van der Waals surface area contributed by atoms with Crippen LogP contribution in [0.5, 0.6) is 5.75 Å². The molecular formula is C19H20FNO6S. The molecule has 7 nitrogen and oxygen atoms in total. The number of fused-ring (bicyclic) bond motifs is 1. The molecular weight excluding hydrogens is 389 g/mol. The van der Waals surface area contributed by atoms with E-state index >= 15 is 0 Å². The van der Waals surface area contributed by atoms with Crippen LogP contribution in [-0.2, 0) is 32.7 Å². The predicted molar refractivity (Wildman–Crippen MR) is 97.9 cm³/mol. The van der Waals surface area contributed by atoms with E-state index in [0.717, 1.165) is 0 Å².